The van der Waals surface area contributed by atoms with Gasteiger partial charge in [0.25, 0.3) is 5.91 Å². The number of nitrogens with zero attached hydrogens (tertiary/aromatic N) is 2. The minimum atomic E-state index is -1.11. The average Bonchev–Trinajstić information content (AvgIpc) is 2.89. The summed E-state index contributed by atoms with van der Waals surface area (Å²) < 4.78 is 15.9. The SMILES string of the molecule is Cc1ccc2c(s/c(=N\C(=O)c3cccc(Cl)c3)n2CC(=O)O)c1F. The number of aryl methyl sites for hydroxylation is 1. The summed E-state index contributed by atoms with van der Waals surface area (Å²) >= 11 is 6.81. The molecule has 0 radical (unpaired) electrons. The number of rotatable bonds is 3. The second kappa shape index (κ2) is 6.78. The summed E-state index contributed by atoms with van der Waals surface area (Å²) in [5.74, 6) is -2.14. The molecule has 0 aliphatic carbocycles. The van der Waals surface area contributed by atoms with Gasteiger partial charge in [0.1, 0.15) is 12.4 Å². The highest BCUT2D eigenvalue weighted by atomic mass is 35.5. The number of aromatic nitrogens is 1. The number of amides is 1. The Labute approximate surface area is 150 Å². The molecule has 1 amide bonds. The van der Waals surface area contributed by atoms with Crippen LogP contribution in [-0.4, -0.2) is 21.6 Å². The van der Waals surface area contributed by atoms with Crippen LogP contribution in [-0.2, 0) is 11.3 Å². The van der Waals surface area contributed by atoms with Crippen molar-refractivity contribution in [1.82, 2.24) is 4.57 Å². The number of hydrogen-bond donors (Lipinski definition) is 1. The largest absolute Gasteiger partial charge is 0.480 e. The van der Waals surface area contributed by atoms with Crippen molar-refractivity contribution in [1.29, 1.82) is 0 Å². The fourth-order valence-electron chi connectivity index (χ4n) is 2.35. The summed E-state index contributed by atoms with van der Waals surface area (Å²) in [5, 5.41) is 9.51. The van der Waals surface area contributed by atoms with Crippen LogP contribution in [0.15, 0.2) is 41.4 Å². The minimum Gasteiger partial charge on any atom is -0.480 e. The van der Waals surface area contributed by atoms with E-state index in [0.29, 0.717) is 16.1 Å². The van der Waals surface area contributed by atoms with E-state index in [1.165, 1.54) is 10.6 Å². The van der Waals surface area contributed by atoms with Crippen LogP contribution in [0, 0.1) is 12.7 Å². The number of aliphatic carboxylic acids is 1. The Bertz CT molecular complexity index is 1070. The van der Waals surface area contributed by atoms with E-state index in [4.69, 9.17) is 16.7 Å². The van der Waals surface area contributed by atoms with E-state index in [2.05, 4.69) is 4.99 Å². The number of carbonyl (C=O) groups is 2. The maximum Gasteiger partial charge on any atom is 0.323 e. The highest BCUT2D eigenvalue weighted by molar-refractivity contribution is 7.16. The maximum absolute atomic E-state index is 14.3. The molecule has 0 unspecified atom stereocenters. The zero-order chi connectivity index (χ0) is 18.1. The normalized spacial score (nSPS) is 11.9. The van der Waals surface area contributed by atoms with Crippen molar-refractivity contribution in [3.63, 3.8) is 0 Å². The lowest BCUT2D eigenvalue weighted by atomic mass is 10.2. The van der Waals surface area contributed by atoms with E-state index < -0.39 is 24.2 Å². The number of fused-ring (bicyclic) bond motifs is 1. The van der Waals surface area contributed by atoms with E-state index in [-0.39, 0.29) is 15.1 Å². The van der Waals surface area contributed by atoms with Crippen molar-refractivity contribution in [2.45, 2.75) is 13.5 Å². The molecule has 3 rings (SSSR count). The van der Waals surface area contributed by atoms with Crippen LogP contribution < -0.4 is 4.80 Å². The molecule has 0 bridgehead atoms. The van der Waals surface area contributed by atoms with Crippen LogP contribution in [0.3, 0.4) is 0 Å². The van der Waals surface area contributed by atoms with Crippen LogP contribution in [0.25, 0.3) is 10.2 Å². The average molecular weight is 379 g/mol. The molecule has 0 saturated heterocycles. The molecule has 0 saturated carbocycles. The molecule has 3 aromatic rings. The van der Waals surface area contributed by atoms with Crippen molar-refractivity contribution < 1.29 is 19.1 Å². The number of carboxylic acids is 1. The first-order valence-electron chi connectivity index (χ1n) is 7.21. The van der Waals surface area contributed by atoms with E-state index in [1.807, 2.05) is 0 Å². The van der Waals surface area contributed by atoms with Gasteiger partial charge in [-0.3, -0.25) is 9.59 Å². The van der Waals surface area contributed by atoms with Crippen LogP contribution >= 0.6 is 22.9 Å². The van der Waals surface area contributed by atoms with Gasteiger partial charge in [-0.05, 0) is 36.8 Å². The smallest absolute Gasteiger partial charge is 0.323 e. The van der Waals surface area contributed by atoms with Gasteiger partial charge in [-0.1, -0.05) is 35.1 Å². The Morgan fingerprint density at radius 2 is 2.08 bits per heavy atom. The summed E-state index contributed by atoms with van der Waals surface area (Å²) in [6, 6.07) is 9.44. The van der Waals surface area contributed by atoms with E-state index in [0.717, 1.165) is 11.3 Å². The minimum absolute atomic E-state index is 0.117. The van der Waals surface area contributed by atoms with Crippen LogP contribution in [0.4, 0.5) is 4.39 Å². The number of carboxylic acid groups (broad SMARTS) is 1. The van der Waals surface area contributed by atoms with Gasteiger partial charge in [-0.25, -0.2) is 4.39 Å². The van der Waals surface area contributed by atoms with Gasteiger partial charge >= 0.3 is 5.97 Å². The van der Waals surface area contributed by atoms with Crippen molar-refractivity contribution in [2.24, 2.45) is 4.99 Å². The Morgan fingerprint density at radius 3 is 2.76 bits per heavy atom. The van der Waals surface area contributed by atoms with Gasteiger partial charge in [0, 0.05) is 10.6 Å². The highest BCUT2D eigenvalue weighted by Crippen LogP contribution is 2.23. The highest BCUT2D eigenvalue weighted by Gasteiger charge is 2.15. The van der Waals surface area contributed by atoms with Crippen molar-refractivity contribution in [2.75, 3.05) is 0 Å². The third kappa shape index (κ3) is 3.47. The molecule has 128 valence electrons. The lowest BCUT2D eigenvalue weighted by Gasteiger charge is -2.02. The molecule has 0 aliphatic rings. The zero-order valence-electron chi connectivity index (χ0n) is 13.0. The first-order chi connectivity index (χ1) is 11.9. The summed E-state index contributed by atoms with van der Waals surface area (Å²) in [6.07, 6.45) is 0. The lowest BCUT2D eigenvalue weighted by molar-refractivity contribution is -0.137. The lowest BCUT2D eigenvalue weighted by Crippen LogP contribution is -2.21. The molecule has 1 aromatic heterocycles. The molecule has 25 heavy (non-hydrogen) atoms. The van der Waals surface area contributed by atoms with E-state index in [9.17, 15) is 14.0 Å². The van der Waals surface area contributed by atoms with Crippen molar-refractivity contribution in [3.8, 4) is 0 Å². The summed E-state index contributed by atoms with van der Waals surface area (Å²) in [6.45, 7) is 1.19. The van der Waals surface area contributed by atoms with Crippen molar-refractivity contribution in [3.05, 3.63) is 63.2 Å². The quantitative estimate of drug-likeness (QED) is 0.756. The third-order valence-electron chi connectivity index (χ3n) is 3.55. The second-order valence-electron chi connectivity index (χ2n) is 5.34. The monoisotopic (exact) mass is 378 g/mol. The summed E-state index contributed by atoms with van der Waals surface area (Å²) in [7, 11) is 0. The molecule has 0 fully saturated rings. The Balaban J connectivity index is 2.22. The van der Waals surface area contributed by atoms with Crippen molar-refractivity contribution >= 4 is 45.0 Å². The topological polar surface area (TPSA) is 71.7 Å². The fraction of sp³-hybridized carbons (Fsp3) is 0.118. The first-order valence-corrected chi connectivity index (χ1v) is 8.41. The first kappa shape index (κ1) is 17.3. The predicted molar refractivity (Wildman–Crippen MR) is 93.5 cm³/mol. The Morgan fingerprint density at radius 1 is 1.32 bits per heavy atom. The number of halogens is 2. The van der Waals surface area contributed by atoms with Crippen LogP contribution in [0.5, 0.6) is 0 Å². The third-order valence-corrected chi connectivity index (χ3v) is 4.87. The molecule has 0 atom stereocenters. The maximum atomic E-state index is 14.3. The van der Waals surface area contributed by atoms with Crippen LogP contribution in [0.2, 0.25) is 5.02 Å². The standard InChI is InChI=1S/C17H12ClFN2O3S/c1-9-5-6-12-15(14(9)19)25-17(21(12)8-13(22)23)20-16(24)10-3-2-4-11(18)7-10/h2-7H,8H2,1H3,(H,22,23)/b20-17-. The number of carbonyl (C=O) groups excluding carboxylic acids is 1. The molecule has 1 heterocycles. The van der Waals surface area contributed by atoms with Gasteiger partial charge in [0.05, 0.1) is 10.2 Å². The van der Waals surface area contributed by atoms with E-state index >= 15 is 0 Å². The van der Waals surface area contributed by atoms with Gasteiger partial charge in [0.15, 0.2) is 4.80 Å². The number of thiazole rings is 1. The molecule has 5 nitrogen and oxygen atoms in total. The molecule has 2 aromatic carbocycles. The second-order valence-corrected chi connectivity index (χ2v) is 6.75. The Kier molecular flexibility index (Phi) is 4.69. The molecule has 8 heteroatoms. The molecule has 0 aliphatic heterocycles. The summed E-state index contributed by atoms with van der Waals surface area (Å²) in [5.41, 5.74) is 1.08. The number of benzene rings is 2. The predicted octanol–water partition coefficient (Wildman–Crippen LogP) is 3.63. The summed E-state index contributed by atoms with van der Waals surface area (Å²) in [4.78, 5) is 27.6. The molecular formula is C17H12ClFN2O3S. The van der Waals surface area contributed by atoms with Gasteiger partial charge in [-0.2, -0.15) is 4.99 Å². The van der Waals surface area contributed by atoms with Crippen LogP contribution in [0.1, 0.15) is 15.9 Å². The van der Waals surface area contributed by atoms with Gasteiger partial charge in [-0.15, -0.1) is 0 Å². The molecule has 0 spiro atoms. The molecule has 1 N–H and O–H groups in total. The number of hydrogen-bond acceptors (Lipinski definition) is 3. The van der Waals surface area contributed by atoms with Gasteiger partial charge < -0.3 is 9.67 Å². The Hall–Kier alpha value is -2.51. The van der Waals surface area contributed by atoms with E-state index in [1.54, 1.807) is 37.3 Å². The van der Waals surface area contributed by atoms with Gasteiger partial charge in [0.2, 0.25) is 0 Å². The zero-order valence-corrected chi connectivity index (χ0v) is 14.6. The fourth-order valence-corrected chi connectivity index (χ4v) is 3.66. The molecular weight excluding hydrogens is 367 g/mol.